The Bertz CT molecular complexity index is 300. The van der Waals surface area contributed by atoms with Gasteiger partial charge in [0, 0.05) is 6.04 Å². The molecule has 0 amide bonds. The Kier molecular flexibility index (Phi) is 5.25. The molecule has 0 saturated heterocycles. The summed E-state index contributed by atoms with van der Waals surface area (Å²) in [6, 6.07) is 0.512. The highest BCUT2D eigenvalue weighted by atomic mass is 32.2. The van der Waals surface area contributed by atoms with Gasteiger partial charge in [-0.25, -0.2) is 8.42 Å². The Morgan fingerprint density at radius 3 is 2.44 bits per heavy atom. The van der Waals surface area contributed by atoms with Crippen LogP contribution < -0.4 is 5.32 Å². The minimum absolute atomic E-state index is 0.0858. The van der Waals surface area contributed by atoms with Crippen molar-refractivity contribution in [3.63, 3.8) is 0 Å². The summed E-state index contributed by atoms with van der Waals surface area (Å²) in [6.07, 6.45) is 3.41. The van der Waals surface area contributed by atoms with Crippen molar-refractivity contribution in [1.82, 2.24) is 5.32 Å². The van der Waals surface area contributed by atoms with Gasteiger partial charge in [0.15, 0.2) is 9.84 Å². The van der Waals surface area contributed by atoms with Gasteiger partial charge in [-0.05, 0) is 38.1 Å². The van der Waals surface area contributed by atoms with Gasteiger partial charge in [0.1, 0.15) is 0 Å². The van der Waals surface area contributed by atoms with E-state index in [1.54, 1.807) is 0 Å². The van der Waals surface area contributed by atoms with Crippen LogP contribution >= 0.6 is 0 Å². The van der Waals surface area contributed by atoms with Crippen molar-refractivity contribution in [1.29, 1.82) is 0 Å². The van der Waals surface area contributed by atoms with Gasteiger partial charge in [-0.3, -0.25) is 0 Å². The topological polar surface area (TPSA) is 46.2 Å². The maximum Gasteiger partial charge on any atom is 0.153 e. The fraction of sp³-hybridized carbons (Fsp3) is 1.00. The van der Waals surface area contributed by atoms with Crippen LogP contribution in [-0.4, -0.2) is 32.0 Å². The first kappa shape index (κ1) is 14.0. The van der Waals surface area contributed by atoms with Gasteiger partial charge in [-0.2, -0.15) is 0 Å². The Labute approximate surface area is 99.9 Å². The Hall–Kier alpha value is -0.0900. The molecule has 16 heavy (non-hydrogen) atoms. The molecule has 3 nitrogen and oxygen atoms in total. The third kappa shape index (κ3) is 3.45. The van der Waals surface area contributed by atoms with Crippen molar-refractivity contribution in [2.45, 2.75) is 57.7 Å². The van der Waals surface area contributed by atoms with Crippen LogP contribution in [0.4, 0.5) is 0 Å². The molecule has 1 rings (SSSR count). The standard InChI is InChI=1S/C12H25NO2S/c1-4-8-16(14,15)11-6-7-12(13-5-2)10(3)9-11/h10-13H,4-9H2,1-3H3. The fourth-order valence-electron chi connectivity index (χ4n) is 2.69. The lowest BCUT2D eigenvalue weighted by Crippen LogP contribution is -2.43. The molecule has 1 saturated carbocycles. The van der Waals surface area contributed by atoms with Crippen LogP contribution in [0.2, 0.25) is 0 Å². The lowest BCUT2D eigenvalue weighted by molar-refractivity contribution is 0.285. The van der Waals surface area contributed by atoms with E-state index in [0.717, 1.165) is 32.2 Å². The van der Waals surface area contributed by atoms with E-state index in [0.29, 0.717) is 17.7 Å². The van der Waals surface area contributed by atoms with Crippen LogP contribution in [0.5, 0.6) is 0 Å². The minimum atomic E-state index is -2.83. The van der Waals surface area contributed by atoms with E-state index in [1.807, 2.05) is 6.92 Å². The predicted molar refractivity (Wildman–Crippen MR) is 68.3 cm³/mol. The number of hydrogen-bond donors (Lipinski definition) is 1. The van der Waals surface area contributed by atoms with Crippen molar-refractivity contribution in [3.8, 4) is 0 Å². The van der Waals surface area contributed by atoms with Gasteiger partial charge >= 0.3 is 0 Å². The van der Waals surface area contributed by atoms with Crippen LogP contribution in [0.1, 0.15) is 46.5 Å². The van der Waals surface area contributed by atoms with Gasteiger partial charge in [0.25, 0.3) is 0 Å². The van der Waals surface area contributed by atoms with Crippen molar-refractivity contribution in [3.05, 3.63) is 0 Å². The van der Waals surface area contributed by atoms with E-state index in [2.05, 4.69) is 19.2 Å². The molecular formula is C12H25NO2S. The van der Waals surface area contributed by atoms with Crippen molar-refractivity contribution in [2.75, 3.05) is 12.3 Å². The number of rotatable bonds is 5. The van der Waals surface area contributed by atoms with E-state index in [9.17, 15) is 8.42 Å². The molecule has 0 heterocycles. The molecule has 1 N–H and O–H groups in total. The number of nitrogens with one attached hydrogen (secondary N) is 1. The van der Waals surface area contributed by atoms with Crippen LogP contribution in [-0.2, 0) is 9.84 Å². The van der Waals surface area contributed by atoms with Crippen LogP contribution in [0.15, 0.2) is 0 Å². The zero-order valence-corrected chi connectivity index (χ0v) is 11.5. The molecule has 0 radical (unpaired) electrons. The molecule has 0 aromatic heterocycles. The van der Waals surface area contributed by atoms with Crippen molar-refractivity contribution in [2.24, 2.45) is 5.92 Å². The third-order valence-electron chi connectivity index (χ3n) is 3.58. The lowest BCUT2D eigenvalue weighted by Gasteiger charge is -2.34. The maximum atomic E-state index is 12.0. The second-order valence-corrected chi connectivity index (χ2v) is 7.34. The summed E-state index contributed by atoms with van der Waals surface area (Å²) in [5.41, 5.74) is 0. The molecule has 1 aliphatic carbocycles. The summed E-state index contributed by atoms with van der Waals surface area (Å²) >= 11 is 0. The first-order valence-electron chi connectivity index (χ1n) is 6.46. The molecular weight excluding hydrogens is 222 g/mol. The first-order valence-corrected chi connectivity index (χ1v) is 8.17. The molecule has 0 aliphatic heterocycles. The van der Waals surface area contributed by atoms with E-state index in [1.165, 1.54) is 0 Å². The molecule has 4 heteroatoms. The normalized spacial score (nSPS) is 31.6. The monoisotopic (exact) mass is 247 g/mol. The van der Waals surface area contributed by atoms with Gasteiger partial charge in [0.2, 0.25) is 0 Å². The first-order chi connectivity index (χ1) is 7.51. The predicted octanol–water partition coefficient (Wildman–Crippen LogP) is 1.98. The molecule has 1 aliphatic rings. The summed E-state index contributed by atoms with van der Waals surface area (Å²) in [5.74, 6) is 0.835. The smallest absolute Gasteiger partial charge is 0.153 e. The summed E-state index contributed by atoms with van der Waals surface area (Å²) < 4.78 is 24.0. The Balaban J connectivity index is 2.57. The molecule has 0 spiro atoms. The quantitative estimate of drug-likeness (QED) is 0.808. The SMILES string of the molecule is CCCS(=O)(=O)C1CCC(NCC)C(C)C1. The van der Waals surface area contributed by atoms with Crippen molar-refractivity contribution < 1.29 is 8.42 Å². The van der Waals surface area contributed by atoms with Crippen LogP contribution in [0.25, 0.3) is 0 Å². The molecule has 3 atom stereocenters. The van der Waals surface area contributed by atoms with Gasteiger partial charge in [-0.1, -0.05) is 20.8 Å². The average molecular weight is 247 g/mol. The van der Waals surface area contributed by atoms with Crippen LogP contribution in [0.3, 0.4) is 0 Å². The molecule has 0 aromatic carbocycles. The molecule has 96 valence electrons. The average Bonchev–Trinajstić information content (AvgIpc) is 2.21. The Morgan fingerprint density at radius 1 is 1.25 bits per heavy atom. The van der Waals surface area contributed by atoms with E-state index >= 15 is 0 Å². The molecule has 0 aromatic rings. The Morgan fingerprint density at radius 2 is 1.94 bits per heavy atom. The highest BCUT2D eigenvalue weighted by Gasteiger charge is 2.33. The second-order valence-electron chi connectivity index (χ2n) is 4.94. The molecule has 1 fully saturated rings. The van der Waals surface area contributed by atoms with E-state index < -0.39 is 9.84 Å². The van der Waals surface area contributed by atoms with Crippen LogP contribution in [0, 0.1) is 5.92 Å². The summed E-state index contributed by atoms with van der Waals surface area (Å²) in [5, 5.41) is 3.36. The summed E-state index contributed by atoms with van der Waals surface area (Å²) in [7, 11) is -2.83. The zero-order chi connectivity index (χ0) is 12.2. The van der Waals surface area contributed by atoms with E-state index in [-0.39, 0.29) is 5.25 Å². The molecule has 3 unspecified atom stereocenters. The lowest BCUT2D eigenvalue weighted by atomic mass is 9.85. The molecule has 0 bridgehead atoms. The van der Waals surface area contributed by atoms with Gasteiger partial charge in [-0.15, -0.1) is 0 Å². The van der Waals surface area contributed by atoms with Gasteiger partial charge in [0.05, 0.1) is 11.0 Å². The zero-order valence-electron chi connectivity index (χ0n) is 10.7. The van der Waals surface area contributed by atoms with E-state index in [4.69, 9.17) is 0 Å². The number of sulfone groups is 1. The highest BCUT2D eigenvalue weighted by Crippen LogP contribution is 2.29. The summed E-state index contributed by atoms with van der Waals surface area (Å²) in [6.45, 7) is 7.18. The second kappa shape index (κ2) is 6.01. The number of hydrogen-bond acceptors (Lipinski definition) is 3. The van der Waals surface area contributed by atoms with Gasteiger partial charge < -0.3 is 5.32 Å². The third-order valence-corrected chi connectivity index (χ3v) is 6.01. The summed E-state index contributed by atoms with van der Waals surface area (Å²) in [4.78, 5) is 0. The largest absolute Gasteiger partial charge is 0.314 e. The maximum absolute atomic E-state index is 12.0. The minimum Gasteiger partial charge on any atom is -0.314 e. The highest BCUT2D eigenvalue weighted by molar-refractivity contribution is 7.92. The fourth-order valence-corrected chi connectivity index (χ4v) is 4.68. The van der Waals surface area contributed by atoms with Crippen molar-refractivity contribution >= 4 is 9.84 Å².